The number of rotatable bonds is 6. The molecular formula is C20H21N3O3S. The molecule has 0 aliphatic heterocycles. The predicted molar refractivity (Wildman–Crippen MR) is 104 cm³/mol. The summed E-state index contributed by atoms with van der Waals surface area (Å²) >= 11 is 1.25. The molecule has 0 aliphatic carbocycles. The average Bonchev–Trinajstić information content (AvgIpc) is 2.68. The third-order valence-electron chi connectivity index (χ3n) is 4.28. The van der Waals surface area contributed by atoms with Crippen LogP contribution in [0.1, 0.15) is 38.3 Å². The van der Waals surface area contributed by atoms with Gasteiger partial charge >= 0.3 is 5.97 Å². The number of hydrogen-bond acceptors (Lipinski definition) is 6. The molecule has 1 aromatic heterocycles. The number of nitriles is 1. The van der Waals surface area contributed by atoms with E-state index in [1.165, 1.54) is 18.9 Å². The predicted octanol–water partition coefficient (Wildman–Crippen LogP) is 3.07. The molecule has 0 radical (unpaired) electrons. The second kappa shape index (κ2) is 9.19. The lowest BCUT2D eigenvalue weighted by atomic mass is 10.1. The number of aromatic nitrogens is 1. The van der Waals surface area contributed by atoms with Gasteiger partial charge in [0.1, 0.15) is 11.1 Å². The molecule has 1 aromatic carbocycles. The van der Waals surface area contributed by atoms with Crippen LogP contribution < -0.4 is 5.32 Å². The van der Waals surface area contributed by atoms with Crippen molar-refractivity contribution in [1.82, 2.24) is 10.3 Å². The minimum Gasteiger partial charge on any atom is -0.465 e. The van der Waals surface area contributed by atoms with Crippen LogP contribution in [0, 0.1) is 32.1 Å². The Morgan fingerprint density at radius 3 is 2.44 bits per heavy atom. The zero-order chi connectivity index (χ0) is 20.0. The summed E-state index contributed by atoms with van der Waals surface area (Å²) in [6, 6.07) is 9.02. The summed E-state index contributed by atoms with van der Waals surface area (Å²) in [5.41, 5.74) is 4.62. The monoisotopic (exact) mass is 383 g/mol. The molecule has 0 unspecified atom stereocenters. The van der Waals surface area contributed by atoms with E-state index < -0.39 is 5.97 Å². The highest BCUT2D eigenvalue weighted by molar-refractivity contribution is 8.00. The number of benzene rings is 1. The molecule has 2 rings (SSSR count). The molecule has 2 aromatic rings. The Morgan fingerprint density at radius 1 is 1.19 bits per heavy atom. The quantitative estimate of drug-likeness (QED) is 0.609. The zero-order valence-corrected chi connectivity index (χ0v) is 16.6. The van der Waals surface area contributed by atoms with Gasteiger partial charge in [-0.2, -0.15) is 5.26 Å². The van der Waals surface area contributed by atoms with Gasteiger partial charge in [-0.3, -0.25) is 4.79 Å². The first-order valence-corrected chi connectivity index (χ1v) is 9.30. The van der Waals surface area contributed by atoms with E-state index in [0.29, 0.717) is 22.7 Å². The Kier molecular flexibility index (Phi) is 6.97. The third kappa shape index (κ3) is 5.08. The van der Waals surface area contributed by atoms with E-state index in [9.17, 15) is 14.9 Å². The number of nitrogens with one attached hydrogen (secondary N) is 1. The number of thioether (sulfide) groups is 1. The molecule has 0 spiro atoms. The van der Waals surface area contributed by atoms with Crippen molar-refractivity contribution in [3.05, 3.63) is 57.8 Å². The van der Waals surface area contributed by atoms with Crippen LogP contribution in [0.2, 0.25) is 0 Å². The summed E-state index contributed by atoms with van der Waals surface area (Å²) in [5, 5.41) is 12.8. The van der Waals surface area contributed by atoms with Gasteiger partial charge in [-0.25, -0.2) is 9.78 Å². The number of nitrogens with zero attached hydrogens (tertiary/aromatic N) is 2. The van der Waals surface area contributed by atoms with Crippen LogP contribution in [0.15, 0.2) is 29.3 Å². The number of methoxy groups -OCH3 is 1. The Morgan fingerprint density at radius 2 is 1.85 bits per heavy atom. The van der Waals surface area contributed by atoms with Crippen molar-refractivity contribution in [2.24, 2.45) is 0 Å². The van der Waals surface area contributed by atoms with Gasteiger partial charge in [-0.05, 0) is 49.6 Å². The standard InChI is InChI=1S/C20H21N3O3S/c1-12-13(2)17(9-21)19(23-14(12)3)27-11-18(24)22-10-15-5-7-16(8-6-15)20(25)26-4/h5-8H,10-11H2,1-4H3,(H,22,24). The SMILES string of the molecule is COC(=O)c1ccc(CNC(=O)CSc2nc(C)c(C)c(C)c2C#N)cc1. The lowest BCUT2D eigenvalue weighted by molar-refractivity contribution is -0.118. The highest BCUT2D eigenvalue weighted by atomic mass is 32.2. The molecule has 6 nitrogen and oxygen atoms in total. The van der Waals surface area contributed by atoms with Crippen LogP contribution in [0.4, 0.5) is 0 Å². The highest BCUT2D eigenvalue weighted by Gasteiger charge is 2.14. The maximum atomic E-state index is 12.1. The zero-order valence-electron chi connectivity index (χ0n) is 15.8. The van der Waals surface area contributed by atoms with Crippen LogP contribution >= 0.6 is 11.8 Å². The molecule has 140 valence electrons. The number of hydrogen-bond donors (Lipinski definition) is 1. The Bertz CT molecular complexity index is 902. The van der Waals surface area contributed by atoms with Gasteiger partial charge in [0.15, 0.2) is 0 Å². The van der Waals surface area contributed by atoms with E-state index in [1.54, 1.807) is 24.3 Å². The number of carbonyl (C=O) groups excluding carboxylic acids is 2. The van der Waals surface area contributed by atoms with Crippen LogP contribution in [-0.4, -0.2) is 29.7 Å². The molecule has 1 heterocycles. The minimum absolute atomic E-state index is 0.154. The molecule has 0 saturated heterocycles. The molecule has 27 heavy (non-hydrogen) atoms. The van der Waals surface area contributed by atoms with Gasteiger partial charge in [0.05, 0.1) is 24.0 Å². The van der Waals surface area contributed by atoms with Gasteiger partial charge in [-0.1, -0.05) is 23.9 Å². The van der Waals surface area contributed by atoms with E-state index >= 15 is 0 Å². The van der Waals surface area contributed by atoms with E-state index in [-0.39, 0.29) is 11.7 Å². The largest absolute Gasteiger partial charge is 0.465 e. The van der Waals surface area contributed by atoms with E-state index in [4.69, 9.17) is 0 Å². The summed E-state index contributed by atoms with van der Waals surface area (Å²) in [4.78, 5) is 28.0. The summed E-state index contributed by atoms with van der Waals surface area (Å²) < 4.78 is 4.65. The van der Waals surface area contributed by atoms with Gasteiger partial charge in [0.25, 0.3) is 0 Å². The van der Waals surface area contributed by atoms with Crippen molar-refractivity contribution in [3.63, 3.8) is 0 Å². The Hall–Kier alpha value is -2.85. The molecular weight excluding hydrogens is 362 g/mol. The number of ether oxygens (including phenoxy) is 1. The van der Waals surface area contributed by atoms with Gasteiger partial charge in [-0.15, -0.1) is 0 Å². The van der Waals surface area contributed by atoms with Crippen molar-refractivity contribution in [2.45, 2.75) is 32.3 Å². The number of esters is 1. The summed E-state index contributed by atoms with van der Waals surface area (Å²) in [5.74, 6) is -0.380. The van der Waals surface area contributed by atoms with Crippen LogP contribution in [0.5, 0.6) is 0 Å². The van der Waals surface area contributed by atoms with Crippen molar-refractivity contribution in [2.75, 3.05) is 12.9 Å². The molecule has 0 aliphatic rings. The number of carbonyl (C=O) groups is 2. The smallest absolute Gasteiger partial charge is 0.337 e. The highest BCUT2D eigenvalue weighted by Crippen LogP contribution is 2.26. The molecule has 0 bridgehead atoms. The van der Waals surface area contributed by atoms with Crippen LogP contribution in [0.25, 0.3) is 0 Å². The molecule has 0 saturated carbocycles. The van der Waals surface area contributed by atoms with Gasteiger partial charge < -0.3 is 10.1 Å². The van der Waals surface area contributed by atoms with E-state index in [2.05, 4.69) is 21.1 Å². The van der Waals surface area contributed by atoms with E-state index in [0.717, 1.165) is 22.4 Å². The first kappa shape index (κ1) is 20.5. The fourth-order valence-corrected chi connectivity index (χ4v) is 3.32. The second-order valence-electron chi connectivity index (χ2n) is 5.99. The fourth-order valence-electron chi connectivity index (χ4n) is 2.41. The minimum atomic E-state index is -0.397. The first-order valence-electron chi connectivity index (χ1n) is 8.32. The van der Waals surface area contributed by atoms with Crippen molar-refractivity contribution in [3.8, 4) is 6.07 Å². The molecule has 0 fully saturated rings. The fraction of sp³-hybridized carbons (Fsp3) is 0.300. The molecule has 0 atom stereocenters. The normalized spacial score (nSPS) is 10.2. The topological polar surface area (TPSA) is 92.1 Å². The Balaban J connectivity index is 1.94. The summed E-state index contributed by atoms with van der Waals surface area (Å²) in [6.07, 6.45) is 0. The average molecular weight is 383 g/mol. The summed E-state index contributed by atoms with van der Waals surface area (Å²) in [7, 11) is 1.33. The molecule has 1 N–H and O–H groups in total. The summed E-state index contributed by atoms with van der Waals surface area (Å²) in [6.45, 7) is 6.08. The lowest BCUT2D eigenvalue weighted by Gasteiger charge is -2.11. The maximum absolute atomic E-state index is 12.1. The van der Waals surface area contributed by atoms with Gasteiger partial charge in [0.2, 0.25) is 5.91 Å². The number of pyridine rings is 1. The van der Waals surface area contributed by atoms with Crippen molar-refractivity contribution in [1.29, 1.82) is 5.26 Å². The maximum Gasteiger partial charge on any atom is 0.337 e. The number of aryl methyl sites for hydroxylation is 1. The van der Waals surface area contributed by atoms with Gasteiger partial charge in [0, 0.05) is 12.2 Å². The van der Waals surface area contributed by atoms with E-state index in [1.807, 2.05) is 20.8 Å². The van der Waals surface area contributed by atoms with Crippen molar-refractivity contribution < 1.29 is 14.3 Å². The molecule has 7 heteroatoms. The Labute approximate surface area is 162 Å². The first-order chi connectivity index (χ1) is 12.9. The third-order valence-corrected chi connectivity index (χ3v) is 5.26. The second-order valence-corrected chi connectivity index (χ2v) is 6.96. The van der Waals surface area contributed by atoms with Crippen LogP contribution in [0.3, 0.4) is 0 Å². The number of amides is 1. The lowest BCUT2D eigenvalue weighted by Crippen LogP contribution is -2.24. The molecule has 1 amide bonds. The van der Waals surface area contributed by atoms with Crippen LogP contribution in [-0.2, 0) is 16.1 Å². The van der Waals surface area contributed by atoms with Crippen molar-refractivity contribution >= 4 is 23.6 Å².